The van der Waals surface area contributed by atoms with Gasteiger partial charge in [0.15, 0.2) is 0 Å². The van der Waals surface area contributed by atoms with Crippen molar-refractivity contribution in [3.63, 3.8) is 0 Å². The molecule has 1 aliphatic rings. The molecule has 1 aromatic heterocycles. The van der Waals surface area contributed by atoms with Gasteiger partial charge in [-0.3, -0.25) is 4.98 Å². The van der Waals surface area contributed by atoms with Gasteiger partial charge in [0.2, 0.25) is 0 Å². The molecular weight excluding hydrogens is 222 g/mol. The fraction of sp³-hybridized carbons (Fsp3) is 0.667. The largest absolute Gasteiger partial charge is 0.317 e. The van der Waals surface area contributed by atoms with Crippen molar-refractivity contribution < 1.29 is 0 Å². The summed E-state index contributed by atoms with van der Waals surface area (Å²) >= 11 is 0. The minimum atomic E-state index is 0.319. The highest BCUT2D eigenvalue weighted by Gasteiger charge is 2.36. The van der Waals surface area contributed by atoms with Gasteiger partial charge in [0.25, 0.3) is 0 Å². The van der Waals surface area contributed by atoms with Gasteiger partial charge in [-0.25, -0.2) is 0 Å². The van der Waals surface area contributed by atoms with Gasteiger partial charge in [-0.15, -0.1) is 0 Å². The summed E-state index contributed by atoms with van der Waals surface area (Å²) in [6.45, 7) is 1.13. The first-order valence-electron chi connectivity index (χ1n) is 6.89. The van der Waals surface area contributed by atoms with Crippen LogP contribution in [0.3, 0.4) is 0 Å². The molecule has 1 heterocycles. The second-order valence-corrected chi connectivity index (χ2v) is 5.82. The third-order valence-corrected chi connectivity index (χ3v) is 4.26. The normalized spacial score (nSPS) is 28.6. The maximum atomic E-state index is 4.16. The molecule has 1 saturated carbocycles. The van der Waals surface area contributed by atoms with E-state index in [1.54, 1.807) is 0 Å². The maximum Gasteiger partial charge on any atom is 0.0270 e. The number of hydrogen-bond acceptors (Lipinski definition) is 3. The van der Waals surface area contributed by atoms with Crippen LogP contribution in [0.4, 0.5) is 0 Å². The van der Waals surface area contributed by atoms with E-state index in [9.17, 15) is 0 Å². The van der Waals surface area contributed by atoms with Crippen LogP contribution in [-0.2, 0) is 5.41 Å². The zero-order valence-electron chi connectivity index (χ0n) is 11.8. The smallest absolute Gasteiger partial charge is 0.0270 e. The van der Waals surface area contributed by atoms with Gasteiger partial charge < -0.3 is 10.2 Å². The Labute approximate surface area is 111 Å². The first-order chi connectivity index (χ1) is 8.66. The van der Waals surface area contributed by atoms with Gasteiger partial charge in [-0.2, -0.15) is 0 Å². The van der Waals surface area contributed by atoms with Crippen LogP contribution in [0.25, 0.3) is 0 Å². The molecule has 0 aromatic carbocycles. The lowest BCUT2D eigenvalue weighted by Gasteiger charge is -2.42. The predicted octanol–water partition coefficient (Wildman–Crippen LogP) is 2.04. The Bertz CT molecular complexity index is 353. The molecule has 100 valence electrons. The molecule has 0 aliphatic heterocycles. The lowest BCUT2D eigenvalue weighted by molar-refractivity contribution is 0.195. The number of nitrogens with one attached hydrogen (secondary N) is 1. The Hall–Kier alpha value is -0.930. The van der Waals surface area contributed by atoms with Crippen LogP contribution in [0.2, 0.25) is 0 Å². The lowest BCUT2D eigenvalue weighted by atomic mass is 9.68. The van der Waals surface area contributed by atoms with Crippen LogP contribution in [0, 0.1) is 0 Å². The number of nitrogens with zero attached hydrogens (tertiary/aromatic N) is 2. The third kappa shape index (κ3) is 2.90. The first kappa shape index (κ1) is 13.5. The Morgan fingerprint density at radius 1 is 1.28 bits per heavy atom. The van der Waals surface area contributed by atoms with Crippen LogP contribution in [0.1, 0.15) is 31.2 Å². The van der Waals surface area contributed by atoms with E-state index in [2.05, 4.69) is 48.5 Å². The molecule has 0 spiro atoms. The van der Waals surface area contributed by atoms with Crippen molar-refractivity contribution >= 4 is 0 Å². The van der Waals surface area contributed by atoms with Crippen LogP contribution in [0.15, 0.2) is 24.5 Å². The number of aromatic nitrogens is 1. The average molecular weight is 247 g/mol. The topological polar surface area (TPSA) is 28.2 Å². The average Bonchev–Trinajstić information content (AvgIpc) is 2.40. The van der Waals surface area contributed by atoms with Crippen LogP contribution >= 0.6 is 0 Å². The van der Waals surface area contributed by atoms with Crippen molar-refractivity contribution in [1.29, 1.82) is 0 Å². The quantitative estimate of drug-likeness (QED) is 0.882. The molecule has 1 fully saturated rings. The molecule has 0 unspecified atom stereocenters. The van der Waals surface area contributed by atoms with E-state index in [0.29, 0.717) is 11.5 Å². The summed E-state index contributed by atoms with van der Waals surface area (Å²) < 4.78 is 0. The number of hydrogen-bond donors (Lipinski definition) is 1. The van der Waals surface area contributed by atoms with Gasteiger partial charge in [0.05, 0.1) is 0 Å². The Kier molecular flexibility index (Phi) is 4.36. The summed E-state index contributed by atoms with van der Waals surface area (Å²) in [7, 11) is 6.43. The lowest BCUT2D eigenvalue weighted by Crippen LogP contribution is -2.44. The standard InChI is InChI=1S/C15H25N3/c1-16-14-4-8-15(9-5-14,12-18(2)3)13-6-10-17-11-7-13/h6-7,10-11,14,16H,4-5,8-9,12H2,1-3H3. The summed E-state index contributed by atoms with van der Waals surface area (Å²) in [6, 6.07) is 5.09. The summed E-state index contributed by atoms with van der Waals surface area (Å²) in [4.78, 5) is 6.48. The molecule has 1 aromatic rings. The molecule has 0 saturated heterocycles. The zero-order valence-corrected chi connectivity index (χ0v) is 11.8. The monoisotopic (exact) mass is 247 g/mol. The van der Waals surface area contributed by atoms with E-state index in [0.717, 1.165) is 6.54 Å². The molecule has 0 amide bonds. The molecule has 18 heavy (non-hydrogen) atoms. The Balaban J connectivity index is 2.20. The number of pyridine rings is 1. The van der Waals surface area contributed by atoms with Crippen molar-refractivity contribution in [2.75, 3.05) is 27.7 Å². The van der Waals surface area contributed by atoms with Gasteiger partial charge in [0, 0.05) is 30.4 Å². The SMILES string of the molecule is CNC1CCC(CN(C)C)(c2ccncc2)CC1. The summed E-state index contributed by atoms with van der Waals surface area (Å²) in [5.74, 6) is 0. The van der Waals surface area contributed by atoms with E-state index in [4.69, 9.17) is 0 Å². The highest BCUT2D eigenvalue weighted by atomic mass is 15.1. The fourth-order valence-electron chi connectivity index (χ4n) is 3.31. The Morgan fingerprint density at radius 3 is 2.39 bits per heavy atom. The van der Waals surface area contributed by atoms with Crippen molar-refractivity contribution in [3.05, 3.63) is 30.1 Å². The summed E-state index contributed by atoms with van der Waals surface area (Å²) in [5.41, 5.74) is 1.78. The molecule has 3 nitrogen and oxygen atoms in total. The van der Waals surface area contributed by atoms with Crippen molar-refractivity contribution in [2.24, 2.45) is 0 Å². The second-order valence-electron chi connectivity index (χ2n) is 5.82. The van der Waals surface area contributed by atoms with Crippen LogP contribution in [0.5, 0.6) is 0 Å². The predicted molar refractivity (Wildman–Crippen MR) is 75.8 cm³/mol. The number of rotatable bonds is 4. The van der Waals surface area contributed by atoms with Crippen LogP contribution < -0.4 is 5.32 Å². The van der Waals surface area contributed by atoms with Crippen LogP contribution in [-0.4, -0.2) is 43.6 Å². The maximum absolute atomic E-state index is 4.16. The van der Waals surface area contributed by atoms with Crippen molar-refractivity contribution in [3.8, 4) is 0 Å². The van der Waals surface area contributed by atoms with Gasteiger partial charge in [-0.05, 0) is 64.5 Å². The van der Waals surface area contributed by atoms with Crippen molar-refractivity contribution in [2.45, 2.75) is 37.1 Å². The Morgan fingerprint density at radius 2 is 1.89 bits per heavy atom. The number of likely N-dealkylation sites (N-methyl/N-ethyl adjacent to an activating group) is 1. The second kappa shape index (κ2) is 5.81. The molecule has 2 rings (SSSR count). The fourth-order valence-corrected chi connectivity index (χ4v) is 3.31. The highest BCUT2D eigenvalue weighted by molar-refractivity contribution is 5.24. The zero-order chi connectivity index (χ0) is 13.0. The molecule has 0 atom stereocenters. The molecule has 0 bridgehead atoms. The van der Waals surface area contributed by atoms with Gasteiger partial charge in [0.1, 0.15) is 0 Å². The highest BCUT2D eigenvalue weighted by Crippen LogP contribution is 2.39. The first-order valence-corrected chi connectivity index (χ1v) is 6.89. The van der Waals surface area contributed by atoms with E-state index in [-0.39, 0.29) is 0 Å². The third-order valence-electron chi connectivity index (χ3n) is 4.26. The summed E-state index contributed by atoms with van der Waals surface area (Å²) in [6.07, 6.45) is 8.93. The van der Waals surface area contributed by atoms with E-state index >= 15 is 0 Å². The van der Waals surface area contributed by atoms with E-state index in [1.165, 1.54) is 31.2 Å². The van der Waals surface area contributed by atoms with Crippen molar-refractivity contribution in [1.82, 2.24) is 15.2 Å². The molecular formula is C15H25N3. The molecule has 3 heteroatoms. The summed E-state index contributed by atoms with van der Waals surface area (Å²) in [5, 5.41) is 3.42. The molecule has 1 N–H and O–H groups in total. The molecule has 0 radical (unpaired) electrons. The van der Waals surface area contributed by atoms with Gasteiger partial charge >= 0.3 is 0 Å². The van der Waals surface area contributed by atoms with Gasteiger partial charge in [-0.1, -0.05) is 0 Å². The molecule has 1 aliphatic carbocycles. The van der Waals surface area contributed by atoms with E-state index < -0.39 is 0 Å². The van der Waals surface area contributed by atoms with E-state index in [1.807, 2.05) is 12.4 Å². The minimum Gasteiger partial charge on any atom is -0.317 e. The minimum absolute atomic E-state index is 0.319.